The number of nitrogens with zero attached hydrogens (tertiary/aromatic N) is 2. The minimum atomic E-state index is -0.172. The van der Waals surface area contributed by atoms with Crippen molar-refractivity contribution in [1.82, 2.24) is 20.4 Å². The van der Waals surface area contributed by atoms with Gasteiger partial charge in [-0.3, -0.25) is 9.48 Å². The van der Waals surface area contributed by atoms with E-state index in [0.717, 1.165) is 44.5 Å². The molecule has 128 valence electrons. The molecule has 0 aromatic carbocycles. The quantitative estimate of drug-likeness (QED) is 0.832. The van der Waals surface area contributed by atoms with Crippen LogP contribution in [-0.2, 0) is 16.1 Å². The number of piperidine rings is 1. The van der Waals surface area contributed by atoms with Crippen LogP contribution in [0.25, 0.3) is 0 Å². The molecule has 6 nitrogen and oxygen atoms in total. The van der Waals surface area contributed by atoms with E-state index in [4.69, 9.17) is 4.74 Å². The molecule has 1 aliphatic heterocycles. The summed E-state index contributed by atoms with van der Waals surface area (Å²) in [5.41, 5.74) is 0.923. The van der Waals surface area contributed by atoms with Crippen LogP contribution in [0.3, 0.4) is 0 Å². The van der Waals surface area contributed by atoms with Crippen molar-refractivity contribution in [3.8, 4) is 0 Å². The van der Waals surface area contributed by atoms with E-state index in [1.54, 1.807) is 11.8 Å². The Bertz CT molecular complexity index is 516. The zero-order valence-electron chi connectivity index (χ0n) is 14.0. The highest BCUT2D eigenvalue weighted by Crippen LogP contribution is 2.29. The van der Waals surface area contributed by atoms with Crippen molar-refractivity contribution in [3.63, 3.8) is 0 Å². The second-order valence-corrected chi connectivity index (χ2v) is 6.95. The number of amides is 1. The van der Waals surface area contributed by atoms with Crippen LogP contribution in [0.4, 0.5) is 0 Å². The molecule has 0 spiro atoms. The first kappa shape index (κ1) is 16.5. The van der Waals surface area contributed by atoms with Gasteiger partial charge in [-0.15, -0.1) is 0 Å². The van der Waals surface area contributed by atoms with Gasteiger partial charge in [-0.1, -0.05) is 12.8 Å². The largest absolute Gasteiger partial charge is 0.382 e. The summed E-state index contributed by atoms with van der Waals surface area (Å²) in [4.78, 5) is 12.4. The van der Waals surface area contributed by atoms with E-state index in [1.807, 2.05) is 12.3 Å². The number of methoxy groups -OCH3 is 1. The third-order valence-corrected chi connectivity index (χ3v) is 5.07. The SMILES string of the molecule is COCC1(NC(=O)Cn2ccc([C@@H]3CCCNC3)n2)CCCC1. The Balaban J connectivity index is 1.56. The van der Waals surface area contributed by atoms with E-state index in [0.29, 0.717) is 12.5 Å². The number of nitrogens with one attached hydrogen (secondary N) is 2. The monoisotopic (exact) mass is 320 g/mol. The van der Waals surface area contributed by atoms with Crippen LogP contribution in [0.2, 0.25) is 0 Å². The molecule has 2 aliphatic rings. The molecule has 2 fully saturated rings. The predicted molar refractivity (Wildman–Crippen MR) is 88.3 cm³/mol. The summed E-state index contributed by atoms with van der Waals surface area (Å²) < 4.78 is 7.08. The molecule has 1 atom stereocenters. The molecular formula is C17H28N4O2. The minimum Gasteiger partial charge on any atom is -0.382 e. The Kier molecular flexibility index (Phi) is 5.33. The molecule has 3 rings (SSSR count). The van der Waals surface area contributed by atoms with E-state index in [2.05, 4.69) is 15.7 Å². The summed E-state index contributed by atoms with van der Waals surface area (Å²) in [6.07, 6.45) is 8.61. The lowest BCUT2D eigenvalue weighted by Crippen LogP contribution is -2.50. The second-order valence-electron chi connectivity index (χ2n) is 6.95. The fourth-order valence-corrected chi connectivity index (χ4v) is 3.90. The van der Waals surface area contributed by atoms with Crippen LogP contribution >= 0.6 is 0 Å². The lowest BCUT2D eigenvalue weighted by molar-refractivity contribution is -0.124. The van der Waals surface area contributed by atoms with Gasteiger partial charge < -0.3 is 15.4 Å². The van der Waals surface area contributed by atoms with Gasteiger partial charge in [-0.25, -0.2) is 0 Å². The van der Waals surface area contributed by atoms with Crippen LogP contribution in [0, 0.1) is 0 Å². The van der Waals surface area contributed by atoms with Gasteiger partial charge in [0.1, 0.15) is 6.54 Å². The highest BCUT2D eigenvalue weighted by molar-refractivity contribution is 5.76. The van der Waals surface area contributed by atoms with Gasteiger partial charge in [0, 0.05) is 25.8 Å². The first-order valence-corrected chi connectivity index (χ1v) is 8.75. The van der Waals surface area contributed by atoms with Gasteiger partial charge in [0.05, 0.1) is 17.8 Å². The van der Waals surface area contributed by atoms with E-state index in [9.17, 15) is 4.79 Å². The molecule has 1 aliphatic carbocycles. The molecule has 1 saturated carbocycles. The average molecular weight is 320 g/mol. The van der Waals surface area contributed by atoms with Crippen LogP contribution in [0.5, 0.6) is 0 Å². The molecule has 0 radical (unpaired) electrons. The smallest absolute Gasteiger partial charge is 0.242 e. The average Bonchev–Trinajstić information content (AvgIpc) is 3.18. The molecule has 2 N–H and O–H groups in total. The molecule has 23 heavy (non-hydrogen) atoms. The number of ether oxygens (including phenoxy) is 1. The predicted octanol–water partition coefficient (Wildman–Crippen LogP) is 1.43. The molecule has 1 saturated heterocycles. The summed E-state index contributed by atoms with van der Waals surface area (Å²) in [7, 11) is 1.70. The number of rotatable bonds is 6. The van der Waals surface area contributed by atoms with Crippen molar-refractivity contribution in [1.29, 1.82) is 0 Å². The Morgan fingerprint density at radius 3 is 3.00 bits per heavy atom. The Morgan fingerprint density at radius 2 is 2.30 bits per heavy atom. The summed E-state index contributed by atoms with van der Waals surface area (Å²) >= 11 is 0. The van der Waals surface area contributed by atoms with Gasteiger partial charge in [0.25, 0.3) is 0 Å². The second kappa shape index (κ2) is 7.45. The molecule has 1 aromatic rings. The van der Waals surface area contributed by atoms with Gasteiger partial charge in [0.2, 0.25) is 5.91 Å². The molecule has 2 heterocycles. The first-order chi connectivity index (χ1) is 11.2. The van der Waals surface area contributed by atoms with Crippen molar-refractivity contribution in [2.24, 2.45) is 0 Å². The van der Waals surface area contributed by atoms with Gasteiger partial charge in [-0.05, 0) is 38.3 Å². The van der Waals surface area contributed by atoms with Crippen molar-refractivity contribution in [2.45, 2.75) is 56.5 Å². The van der Waals surface area contributed by atoms with E-state index in [-0.39, 0.29) is 18.0 Å². The lowest BCUT2D eigenvalue weighted by atomic mass is 9.97. The fraction of sp³-hybridized carbons (Fsp3) is 0.765. The Hall–Kier alpha value is -1.40. The van der Waals surface area contributed by atoms with Gasteiger partial charge in [-0.2, -0.15) is 5.10 Å². The number of hydrogen-bond donors (Lipinski definition) is 2. The maximum Gasteiger partial charge on any atom is 0.242 e. The van der Waals surface area contributed by atoms with Crippen molar-refractivity contribution < 1.29 is 9.53 Å². The van der Waals surface area contributed by atoms with Crippen LogP contribution < -0.4 is 10.6 Å². The summed E-state index contributed by atoms with van der Waals surface area (Å²) in [5.74, 6) is 0.503. The summed E-state index contributed by atoms with van der Waals surface area (Å²) in [6, 6.07) is 2.05. The molecular weight excluding hydrogens is 292 g/mol. The first-order valence-electron chi connectivity index (χ1n) is 8.75. The number of aromatic nitrogens is 2. The molecule has 0 bridgehead atoms. The maximum absolute atomic E-state index is 12.4. The number of carbonyl (C=O) groups excluding carboxylic acids is 1. The minimum absolute atomic E-state index is 0.0281. The van der Waals surface area contributed by atoms with Crippen molar-refractivity contribution >= 4 is 5.91 Å². The zero-order chi connectivity index (χ0) is 16.1. The van der Waals surface area contributed by atoms with E-state index in [1.165, 1.54) is 12.8 Å². The summed E-state index contributed by atoms with van der Waals surface area (Å²) in [5, 5.41) is 11.2. The van der Waals surface area contributed by atoms with Crippen LogP contribution in [0.15, 0.2) is 12.3 Å². The third-order valence-electron chi connectivity index (χ3n) is 5.07. The number of carbonyl (C=O) groups is 1. The summed E-state index contributed by atoms with van der Waals surface area (Å²) in [6.45, 7) is 2.96. The third kappa shape index (κ3) is 4.12. The number of hydrogen-bond acceptors (Lipinski definition) is 4. The van der Waals surface area contributed by atoms with E-state index >= 15 is 0 Å². The van der Waals surface area contributed by atoms with E-state index < -0.39 is 0 Å². The zero-order valence-corrected chi connectivity index (χ0v) is 14.0. The fourth-order valence-electron chi connectivity index (χ4n) is 3.90. The van der Waals surface area contributed by atoms with Gasteiger partial charge >= 0.3 is 0 Å². The van der Waals surface area contributed by atoms with Crippen molar-refractivity contribution in [2.75, 3.05) is 26.8 Å². The molecule has 6 heteroatoms. The highest BCUT2D eigenvalue weighted by atomic mass is 16.5. The molecule has 1 aromatic heterocycles. The van der Waals surface area contributed by atoms with Crippen LogP contribution in [-0.4, -0.2) is 48.0 Å². The maximum atomic E-state index is 12.4. The van der Waals surface area contributed by atoms with Gasteiger partial charge in [0.15, 0.2) is 0 Å². The lowest BCUT2D eigenvalue weighted by Gasteiger charge is -2.29. The normalized spacial score (nSPS) is 23.8. The highest BCUT2D eigenvalue weighted by Gasteiger charge is 2.35. The molecule has 0 unspecified atom stereocenters. The standard InChI is InChI=1S/C17H28N4O2/c1-23-13-17(7-2-3-8-17)19-16(22)12-21-10-6-15(20-21)14-5-4-9-18-11-14/h6,10,14,18H,2-5,7-9,11-13H2,1H3,(H,19,22)/t14-/m1/s1. The topological polar surface area (TPSA) is 68.2 Å². The molecule has 1 amide bonds. The van der Waals surface area contributed by atoms with Crippen molar-refractivity contribution in [3.05, 3.63) is 18.0 Å². The Morgan fingerprint density at radius 1 is 1.48 bits per heavy atom. The van der Waals surface area contributed by atoms with Crippen LogP contribution in [0.1, 0.15) is 50.1 Å². The Labute approximate surface area is 138 Å².